The highest BCUT2D eigenvalue weighted by Gasteiger charge is 2.08. The summed E-state index contributed by atoms with van der Waals surface area (Å²) in [7, 11) is 0. The van der Waals surface area contributed by atoms with Crippen molar-refractivity contribution in [3.8, 4) is 11.6 Å². The van der Waals surface area contributed by atoms with Gasteiger partial charge in [0.1, 0.15) is 11.9 Å². The SMILES string of the molecule is O=C(N/N=C/c1ccc(Oc2ccc([N+](=O)[O-])cn2)cc1)c1ccccc1Cl. The van der Waals surface area contributed by atoms with Crippen LogP contribution in [0.4, 0.5) is 5.69 Å². The van der Waals surface area contributed by atoms with Gasteiger partial charge in [-0.25, -0.2) is 10.4 Å². The van der Waals surface area contributed by atoms with Crippen LogP contribution in [0.2, 0.25) is 5.02 Å². The number of rotatable bonds is 6. The molecular weight excluding hydrogens is 384 g/mol. The second-order valence-electron chi connectivity index (χ2n) is 5.46. The molecule has 0 saturated carbocycles. The Labute approximate surface area is 164 Å². The Balaban J connectivity index is 1.58. The molecule has 0 fully saturated rings. The summed E-state index contributed by atoms with van der Waals surface area (Å²) in [6.45, 7) is 0. The molecule has 2 aromatic carbocycles. The van der Waals surface area contributed by atoms with E-state index in [1.807, 2.05) is 0 Å². The summed E-state index contributed by atoms with van der Waals surface area (Å²) >= 11 is 5.96. The van der Waals surface area contributed by atoms with E-state index in [-0.39, 0.29) is 11.6 Å². The number of amides is 1. The minimum atomic E-state index is -0.532. The van der Waals surface area contributed by atoms with Gasteiger partial charge in [-0.05, 0) is 42.0 Å². The first kappa shape index (κ1) is 19.0. The van der Waals surface area contributed by atoms with Gasteiger partial charge in [0.05, 0.1) is 21.7 Å². The molecule has 3 rings (SSSR count). The number of nitrogens with one attached hydrogen (secondary N) is 1. The molecule has 140 valence electrons. The summed E-state index contributed by atoms with van der Waals surface area (Å²) in [5.41, 5.74) is 3.35. The van der Waals surface area contributed by atoms with Gasteiger partial charge in [-0.1, -0.05) is 23.7 Å². The fraction of sp³-hybridized carbons (Fsp3) is 0. The zero-order valence-corrected chi connectivity index (χ0v) is 15.0. The number of pyridine rings is 1. The summed E-state index contributed by atoms with van der Waals surface area (Å²) in [6, 6.07) is 16.2. The number of hydrazone groups is 1. The van der Waals surface area contributed by atoms with Crippen molar-refractivity contribution in [2.24, 2.45) is 5.10 Å². The quantitative estimate of drug-likeness (QED) is 0.381. The topological polar surface area (TPSA) is 107 Å². The summed E-state index contributed by atoms with van der Waals surface area (Å²) in [4.78, 5) is 26.0. The fourth-order valence-corrected chi connectivity index (χ4v) is 2.38. The predicted octanol–water partition coefficient (Wildman–Crippen LogP) is 4.20. The van der Waals surface area contributed by atoms with E-state index in [0.717, 1.165) is 11.8 Å². The van der Waals surface area contributed by atoms with Gasteiger partial charge < -0.3 is 4.74 Å². The maximum atomic E-state index is 12.0. The van der Waals surface area contributed by atoms with Gasteiger partial charge in [-0.15, -0.1) is 0 Å². The molecule has 0 atom stereocenters. The van der Waals surface area contributed by atoms with Crippen molar-refractivity contribution in [1.82, 2.24) is 10.4 Å². The first-order valence-electron chi connectivity index (χ1n) is 7.99. The lowest BCUT2D eigenvalue weighted by atomic mass is 10.2. The monoisotopic (exact) mass is 396 g/mol. The van der Waals surface area contributed by atoms with E-state index in [4.69, 9.17) is 16.3 Å². The Morgan fingerprint density at radius 2 is 1.89 bits per heavy atom. The molecule has 1 N–H and O–H groups in total. The number of carbonyl (C=O) groups is 1. The number of nitrogens with zero attached hydrogens (tertiary/aromatic N) is 3. The first-order valence-corrected chi connectivity index (χ1v) is 8.37. The van der Waals surface area contributed by atoms with E-state index in [0.29, 0.717) is 16.3 Å². The van der Waals surface area contributed by atoms with Crippen LogP contribution < -0.4 is 10.2 Å². The van der Waals surface area contributed by atoms with Crippen LogP contribution in [-0.2, 0) is 0 Å². The van der Waals surface area contributed by atoms with Gasteiger partial charge in [0.15, 0.2) is 0 Å². The molecule has 3 aromatic rings. The molecule has 1 amide bonds. The van der Waals surface area contributed by atoms with Crippen LogP contribution in [0.3, 0.4) is 0 Å². The molecule has 1 heterocycles. The van der Waals surface area contributed by atoms with Gasteiger partial charge in [-0.3, -0.25) is 14.9 Å². The molecule has 0 aliphatic heterocycles. The van der Waals surface area contributed by atoms with Crippen molar-refractivity contribution < 1.29 is 14.5 Å². The molecule has 8 nitrogen and oxygen atoms in total. The van der Waals surface area contributed by atoms with Gasteiger partial charge >= 0.3 is 0 Å². The van der Waals surface area contributed by atoms with Crippen molar-refractivity contribution in [2.45, 2.75) is 0 Å². The van der Waals surface area contributed by atoms with Gasteiger partial charge in [-0.2, -0.15) is 5.10 Å². The molecule has 0 radical (unpaired) electrons. The zero-order chi connectivity index (χ0) is 19.9. The van der Waals surface area contributed by atoms with Crippen molar-refractivity contribution >= 4 is 29.4 Å². The van der Waals surface area contributed by atoms with E-state index in [1.165, 1.54) is 18.3 Å². The van der Waals surface area contributed by atoms with Gasteiger partial charge in [0.25, 0.3) is 11.6 Å². The lowest BCUT2D eigenvalue weighted by molar-refractivity contribution is -0.385. The summed E-state index contributed by atoms with van der Waals surface area (Å²) in [6.07, 6.45) is 2.60. The molecule has 0 saturated heterocycles. The molecule has 0 aliphatic rings. The largest absolute Gasteiger partial charge is 0.439 e. The molecule has 0 bridgehead atoms. The number of hydrogen-bond donors (Lipinski definition) is 1. The van der Waals surface area contributed by atoms with E-state index < -0.39 is 10.8 Å². The Morgan fingerprint density at radius 3 is 2.54 bits per heavy atom. The average Bonchev–Trinajstić information content (AvgIpc) is 2.70. The van der Waals surface area contributed by atoms with Crippen LogP contribution in [0.25, 0.3) is 0 Å². The number of aromatic nitrogens is 1. The van der Waals surface area contributed by atoms with Crippen LogP contribution >= 0.6 is 11.6 Å². The molecule has 0 aliphatic carbocycles. The van der Waals surface area contributed by atoms with Crippen molar-refractivity contribution in [2.75, 3.05) is 0 Å². The standard InChI is InChI=1S/C19H13ClN4O4/c20-17-4-2-1-3-16(17)19(25)23-22-11-13-5-8-15(9-6-13)28-18-10-7-14(12-21-18)24(26)27/h1-12H,(H,23,25)/b22-11+. The lowest BCUT2D eigenvalue weighted by Gasteiger charge is -2.04. The Morgan fingerprint density at radius 1 is 1.14 bits per heavy atom. The van der Waals surface area contributed by atoms with Gasteiger partial charge in [0, 0.05) is 12.1 Å². The molecule has 0 unspecified atom stereocenters. The highest BCUT2D eigenvalue weighted by molar-refractivity contribution is 6.33. The van der Waals surface area contributed by atoms with Crippen molar-refractivity contribution in [1.29, 1.82) is 0 Å². The van der Waals surface area contributed by atoms with Crippen LogP contribution in [-0.4, -0.2) is 22.0 Å². The van der Waals surface area contributed by atoms with Crippen LogP contribution in [0.1, 0.15) is 15.9 Å². The van der Waals surface area contributed by atoms with E-state index in [9.17, 15) is 14.9 Å². The van der Waals surface area contributed by atoms with E-state index in [1.54, 1.807) is 48.5 Å². The third kappa shape index (κ3) is 4.89. The Hall–Kier alpha value is -3.78. The van der Waals surface area contributed by atoms with Crippen LogP contribution in [0, 0.1) is 10.1 Å². The van der Waals surface area contributed by atoms with Crippen molar-refractivity contribution in [3.05, 3.63) is 93.1 Å². The lowest BCUT2D eigenvalue weighted by Crippen LogP contribution is -2.17. The van der Waals surface area contributed by atoms with Crippen LogP contribution in [0.5, 0.6) is 11.6 Å². The predicted molar refractivity (Wildman–Crippen MR) is 104 cm³/mol. The fourth-order valence-electron chi connectivity index (χ4n) is 2.15. The number of hydrogen-bond acceptors (Lipinski definition) is 6. The van der Waals surface area contributed by atoms with E-state index >= 15 is 0 Å². The molecule has 28 heavy (non-hydrogen) atoms. The smallest absolute Gasteiger partial charge is 0.287 e. The third-order valence-corrected chi connectivity index (χ3v) is 3.86. The van der Waals surface area contributed by atoms with Crippen LogP contribution in [0.15, 0.2) is 72.0 Å². The number of ether oxygens (including phenoxy) is 1. The normalized spacial score (nSPS) is 10.6. The maximum absolute atomic E-state index is 12.0. The molecule has 0 spiro atoms. The van der Waals surface area contributed by atoms with Crippen molar-refractivity contribution in [3.63, 3.8) is 0 Å². The molecular formula is C19H13ClN4O4. The minimum absolute atomic E-state index is 0.113. The highest BCUT2D eigenvalue weighted by Crippen LogP contribution is 2.21. The first-order chi connectivity index (χ1) is 13.5. The number of halogens is 1. The second kappa shape index (κ2) is 8.74. The zero-order valence-electron chi connectivity index (χ0n) is 14.3. The minimum Gasteiger partial charge on any atom is -0.439 e. The highest BCUT2D eigenvalue weighted by atomic mass is 35.5. The second-order valence-corrected chi connectivity index (χ2v) is 5.87. The Kier molecular flexibility index (Phi) is 5.93. The van der Waals surface area contributed by atoms with Gasteiger partial charge in [0.2, 0.25) is 5.88 Å². The number of carbonyl (C=O) groups excluding carboxylic acids is 1. The summed E-state index contributed by atoms with van der Waals surface area (Å²) in [5, 5.41) is 14.9. The van der Waals surface area contributed by atoms with E-state index in [2.05, 4.69) is 15.5 Å². The third-order valence-electron chi connectivity index (χ3n) is 3.53. The number of benzene rings is 2. The Bertz CT molecular complexity index is 1020. The molecule has 9 heteroatoms. The molecule has 1 aromatic heterocycles. The summed E-state index contributed by atoms with van der Waals surface area (Å²) in [5.74, 6) is 0.323. The average molecular weight is 397 g/mol. The maximum Gasteiger partial charge on any atom is 0.287 e. The summed E-state index contributed by atoms with van der Waals surface area (Å²) < 4.78 is 5.52. The number of nitro groups is 1.